The number of anilines is 1. The molecule has 0 fully saturated rings. The highest BCUT2D eigenvalue weighted by atomic mass is 32.2. The number of carboxylic acids is 1. The third-order valence-electron chi connectivity index (χ3n) is 3.01. The molecule has 0 atom stereocenters. The van der Waals surface area contributed by atoms with Crippen LogP contribution in [0.25, 0.3) is 0 Å². The normalized spacial score (nSPS) is 11.1. The molecule has 0 saturated heterocycles. The van der Waals surface area contributed by atoms with E-state index < -0.39 is 16.0 Å². The zero-order chi connectivity index (χ0) is 15.5. The van der Waals surface area contributed by atoms with E-state index in [1.54, 1.807) is 30.3 Å². The van der Waals surface area contributed by atoms with Crippen molar-refractivity contribution < 1.29 is 18.3 Å². The van der Waals surface area contributed by atoms with Crippen molar-refractivity contribution in [2.45, 2.75) is 18.2 Å². The number of nitrogens with one attached hydrogen (secondary N) is 1. The van der Waals surface area contributed by atoms with Gasteiger partial charge in [0.1, 0.15) is 0 Å². The molecular weight excluding hydrogens is 290 g/mol. The van der Waals surface area contributed by atoms with Gasteiger partial charge in [-0.25, -0.2) is 13.2 Å². The van der Waals surface area contributed by atoms with Crippen LogP contribution in [0.3, 0.4) is 0 Å². The van der Waals surface area contributed by atoms with E-state index in [1.807, 2.05) is 6.92 Å². The van der Waals surface area contributed by atoms with Gasteiger partial charge in [0.15, 0.2) is 0 Å². The Kier molecular flexibility index (Phi) is 4.28. The van der Waals surface area contributed by atoms with Crippen LogP contribution in [0.5, 0.6) is 0 Å². The third kappa shape index (κ3) is 3.41. The number of para-hydroxylation sites is 1. The number of benzene rings is 2. The lowest BCUT2D eigenvalue weighted by molar-refractivity contribution is 0.0696. The zero-order valence-corrected chi connectivity index (χ0v) is 12.2. The Balaban J connectivity index is 2.48. The molecule has 0 bridgehead atoms. The summed E-state index contributed by atoms with van der Waals surface area (Å²) in [4.78, 5) is 11.0. The van der Waals surface area contributed by atoms with Gasteiger partial charge in [-0.05, 0) is 36.2 Å². The summed E-state index contributed by atoms with van der Waals surface area (Å²) in [7, 11) is -3.83. The maximum Gasteiger partial charge on any atom is 0.335 e. The second-order valence-corrected chi connectivity index (χ2v) is 6.10. The Morgan fingerprint density at radius 1 is 1.14 bits per heavy atom. The fraction of sp³-hybridized carbons (Fsp3) is 0.133. The van der Waals surface area contributed by atoms with Crippen molar-refractivity contribution in [3.05, 3.63) is 59.7 Å². The molecule has 5 nitrogen and oxygen atoms in total. The van der Waals surface area contributed by atoms with Crippen LogP contribution >= 0.6 is 0 Å². The molecular formula is C15H15NO4S. The molecule has 0 amide bonds. The van der Waals surface area contributed by atoms with Crippen molar-refractivity contribution in [1.82, 2.24) is 0 Å². The summed E-state index contributed by atoms with van der Waals surface area (Å²) in [5, 5.41) is 9.01. The number of rotatable bonds is 5. The van der Waals surface area contributed by atoms with Gasteiger partial charge in [0.25, 0.3) is 10.0 Å². The van der Waals surface area contributed by atoms with Gasteiger partial charge in [-0.3, -0.25) is 4.72 Å². The Morgan fingerprint density at radius 3 is 2.38 bits per heavy atom. The summed E-state index contributed by atoms with van der Waals surface area (Å²) in [6, 6.07) is 12.6. The first-order chi connectivity index (χ1) is 9.94. The summed E-state index contributed by atoms with van der Waals surface area (Å²) in [5.74, 6) is -1.16. The first kappa shape index (κ1) is 15.1. The molecule has 0 aliphatic rings. The lowest BCUT2D eigenvalue weighted by atomic mass is 10.1. The minimum atomic E-state index is -3.83. The van der Waals surface area contributed by atoms with Gasteiger partial charge in [0, 0.05) is 5.69 Å². The Labute approximate surface area is 123 Å². The molecule has 2 aromatic rings. The molecule has 21 heavy (non-hydrogen) atoms. The van der Waals surface area contributed by atoms with E-state index in [9.17, 15) is 13.2 Å². The van der Waals surface area contributed by atoms with E-state index in [4.69, 9.17) is 5.11 Å². The highest BCUT2D eigenvalue weighted by molar-refractivity contribution is 7.92. The molecule has 0 saturated carbocycles. The zero-order valence-electron chi connectivity index (χ0n) is 11.4. The smallest absolute Gasteiger partial charge is 0.335 e. The fourth-order valence-electron chi connectivity index (χ4n) is 1.95. The predicted molar refractivity (Wildman–Crippen MR) is 80.0 cm³/mol. The van der Waals surface area contributed by atoms with Crippen LogP contribution in [0.2, 0.25) is 0 Å². The lowest BCUT2D eigenvalue weighted by Gasteiger charge is -2.12. The molecule has 0 aromatic heterocycles. The summed E-state index contributed by atoms with van der Waals surface area (Å²) in [6.07, 6.45) is 0.491. The van der Waals surface area contributed by atoms with E-state index >= 15 is 0 Å². The van der Waals surface area contributed by atoms with Gasteiger partial charge < -0.3 is 5.11 Å². The molecule has 0 heterocycles. The van der Waals surface area contributed by atoms with Gasteiger partial charge in [0.2, 0.25) is 0 Å². The highest BCUT2D eigenvalue weighted by Crippen LogP contribution is 2.22. The molecule has 0 unspecified atom stereocenters. The van der Waals surface area contributed by atoms with E-state index in [0.29, 0.717) is 17.7 Å². The molecule has 2 rings (SSSR count). The molecule has 0 radical (unpaired) electrons. The molecule has 0 aliphatic heterocycles. The van der Waals surface area contributed by atoms with E-state index in [1.165, 1.54) is 18.2 Å². The van der Waals surface area contributed by atoms with Crippen LogP contribution < -0.4 is 4.72 Å². The molecule has 2 aromatic carbocycles. The van der Waals surface area contributed by atoms with E-state index in [-0.39, 0.29) is 10.5 Å². The summed E-state index contributed by atoms with van der Waals surface area (Å²) >= 11 is 0. The maximum atomic E-state index is 12.5. The number of aryl methyl sites for hydroxylation is 1. The SMILES string of the molecule is CCc1ccc(C(=O)O)cc1S(=O)(=O)Nc1ccccc1. The Bertz CT molecular complexity index is 754. The van der Waals surface area contributed by atoms with Crippen molar-refractivity contribution >= 4 is 21.7 Å². The van der Waals surface area contributed by atoms with Gasteiger partial charge in [-0.2, -0.15) is 0 Å². The fourth-order valence-corrected chi connectivity index (χ4v) is 3.34. The van der Waals surface area contributed by atoms with E-state index in [2.05, 4.69) is 4.72 Å². The lowest BCUT2D eigenvalue weighted by Crippen LogP contribution is -2.16. The van der Waals surface area contributed by atoms with Gasteiger partial charge in [-0.15, -0.1) is 0 Å². The average molecular weight is 305 g/mol. The number of sulfonamides is 1. The van der Waals surface area contributed by atoms with Crippen molar-refractivity contribution in [3.63, 3.8) is 0 Å². The number of hydrogen-bond donors (Lipinski definition) is 2. The standard InChI is InChI=1S/C15H15NO4S/c1-2-11-8-9-12(15(17)18)10-14(11)21(19,20)16-13-6-4-3-5-7-13/h3-10,16H,2H2,1H3,(H,17,18). The largest absolute Gasteiger partial charge is 0.478 e. The Hall–Kier alpha value is -2.34. The molecule has 0 spiro atoms. The van der Waals surface area contributed by atoms with Crippen molar-refractivity contribution in [2.24, 2.45) is 0 Å². The van der Waals surface area contributed by atoms with Crippen LogP contribution in [-0.2, 0) is 16.4 Å². The maximum absolute atomic E-state index is 12.5. The Morgan fingerprint density at radius 2 is 1.81 bits per heavy atom. The second-order valence-electron chi connectivity index (χ2n) is 4.45. The van der Waals surface area contributed by atoms with Crippen LogP contribution in [0.4, 0.5) is 5.69 Å². The van der Waals surface area contributed by atoms with Gasteiger partial charge >= 0.3 is 5.97 Å². The minimum absolute atomic E-state index is 0.00578. The van der Waals surface area contributed by atoms with Crippen LogP contribution in [0.1, 0.15) is 22.8 Å². The monoisotopic (exact) mass is 305 g/mol. The molecule has 0 aliphatic carbocycles. The van der Waals surface area contributed by atoms with Gasteiger partial charge in [-0.1, -0.05) is 31.2 Å². The second kappa shape index (κ2) is 5.97. The minimum Gasteiger partial charge on any atom is -0.478 e. The topological polar surface area (TPSA) is 83.5 Å². The number of aromatic carboxylic acids is 1. The highest BCUT2D eigenvalue weighted by Gasteiger charge is 2.20. The van der Waals surface area contributed by atoms with Crippen LogP contribution in [0, 0.1) is 0 Å². The average Bonchev–Trinajstić information content (AvgIpc) is 2.47. The summed E-state index contributed by atoms with van der Waals surface area (Å²) in [5.41, 5.74) is 0.948. The third-order valence-corrected chi connectivity index (χ3v) is 4.47. The van der Waals surface area contributed by atoms with E-state index in [0.717, 1.165) is 0 Å². The number of carbonyl (C=O) groups is 1. The van der Waals surface area contributed by atoms with Gasteiger partial charge in [0.05, 0.1) is 10.5 Å². The van der Waals surface area contributed by atoms with Crippen molar-refractivity contribution in [3.8, 4) is 0 Å². The summed E-state index contributed by atoms with van der Waals surface area (Å²) in [6.45, 7) is 1.82. The predicted octanol–water partition coefficient (Wildman–Crippen LogP) is 2.75. The van der Waals surface area contributed by atoms with Crippen LogP contribution in [-0.4, -0.2) is 19.5 Å². The van der Waals surface area contributed by atoms with Crippen molar-refractivity contribution in [1.29, 1.82) is 0 Å². The number of hydrogen-bond acceptors (Lipinski definition) is 3. The molecule has 2 N–H and O–H groups in total. The first-order valence-corrected chi connectivity index (χ1v) is 7.86. The quantitative estimate of drug-likeness (QED) is 0.889. The number of carboxylic acid groups (broad SMARTS) is 1. The first-order valence-electron chi connectivity index (χ1n) is 6.38. The van der Waals surface area contributed by atoms with Crippen molar-refractivity contribution in [2.75, 3.05) is 4.72 Å². The summed E-state index contributed by atoms with van der Waals surface area (Å²) < 4.78 is 27.4. The van der Waals surface area contributed by atoms with Crippen LogP contribution in [0.15, 0.2) is 53.4 Å². The molecule has 6 heteroatoms. The molecule has 110 valence electrons.